The Hall–Kier alpha value is -2.77. The first-order chi connectivity index (χ1) is 10.9. The molecule has 0 saturated heterocycles. The molecule has 0 radical (unpaired) electrons. The molecule has 0 saturated carbocycles. The maximum absolute atomic E-state index is 12.4. The Morgan fingerprint density at radius 1 is 1.26 bits per heavy atom. The first-order valence-corrected chi connectivity index (χ1v) is 6.72. The average Bonchev–Trinajstić information content (AvgIpc) is 3.02. The monoisotopic (exact) mass is 325 g/mol. The molecule has 23 heavy (non-hydrogen) atoms. The summed E-state index contributed by atoms with van der Waals surface area (Å²) in [7, 11) is 0. The number of furan rings is 1. The summed E-state index contributed by atoms with van der Waals surface area (Å²) in [5.41, 5.74) is -0.806. The van der Waals surface area contributed by atoms with Gasteiger partial charge in [-0.2, -0.15) is 13.2 Å². The van der Waals surface area contributed by atoms with Crippen LogP contribution in [0, 0.1) is 0 Å². The molecule has 0 aliphatic carbocycles. The summed E-state index contributed by atoms with van der Waals surface area (Å²) in [5, 5.41) is 5.43. The topological polar surface area (TPSA) is 67.2 Å². The molecule has 0 atom stereocenters. The van der Waals surface area contributed by atoms with Gasteiger partial charge in [0.15, 0.2) is 0 Å². The van der Waals surface area contributed by atoms with Crippen LogP contribution >= 0.6 is 0 Å². The Labute approximate surface area is 130 Å². The number of pyridine rings is 1. The number of nitrogens with one attached hydrogen (secondary N) is 2. The maximum atomic E-state index is 12.4. The van der Waals surface area contributed by atoms with E-state index in [0.717, 1.165) is 12.3 Å². The number of rotatable bonds is 6. The Bertz CT molecular complexity index is 650. The predicted octanol–water partition coefficient (Wildman–Crippen LogP) is 2.93. The molecule has 0 unspecified atom stereocenters. The zero-order valence-electron chi connectivity index (χ0n) is 11.9. The van der Waals surface area contributed by atoms with Crippen LogP contribution in [0.25, 0.3) is 6.08 Å². The zero-order valence-corrected chi connectivity index (χ0v) is 11.9. The van der Waals surface area contributed by atoms with Gasteiger partial charge in [0.1, 0.15) is 11.6 Å². The molecule has 2 N–H and O–H groups in total. The molecule has 1 amide bonds. The van der Waals surface area contributed by atoms with E-state index in [-0.39, 0.29) is 5.91 Å². The lowest BCUT2D eigenvalue weighted by atomic mass is 10.3. The highest BCUT2D eigenvalue weighted by Crippen LogP contribution is 2.28. The van der Waals surface area contributed by atoms with Gasteiger partial charge in [0.25, 0.3) is 0 Å². The minimum atomic E-state index is -4.40. The summed E-state index contributed by atoms with van der Waals surface area (Å²) in [6.45, 7) is 0.628. The number of amides is 1. The first-order valence-electron chi connectivity index (χ1n) is 6.72. The number of alkyl halides is 3. The second-order valence-electron chi connectivity index (χ2n) is 4.50. The van der Waals surface area contributed by atoms with E-state index in [2.05, 4.69) is 15.6 Å². The van der Waals surface area contributed by atoms with Crippen molar-refractivity contribution in [3.8, 4) is 0 Å². The van der Waals surface area contributed by atoms with Crippen molar-refractivity contribution < 1.29 is 22.4 Å². The van der Waals surface area contributed by atoms with E-state index < -0.39 is 11.7 Å². The van der Waals surface area contributed by atoms with Gasteiger partial charge in [-0.25, -0.2) is 4.98 Å². The zero-order chi connectivity index (χ0) is 16.7. The fourth-order valence-electron chi connectivity index (χ4n) is 1.65. The molecule has 5 nitrogen and oxygen atoms in total. The third-order valence-corrected chi connectivity index (χ3v) is 2.76. The highest BCUT2D eigenvalue weighted by Gasteiger charge is 2.30. The average molecular weight is 325 g/mol. The fraction of sp³-hybridized carbons (Fsp3) is 0.200. The second kappa shape index (κ2) is 7.48. The number of aromatic nitrogens is 1. The van der Waals surface area contributed by atoms with Crippen LogP contribution in [0.2, 0.25) is 0 Å². The van der Waals surface area contributed by atoms with Gasteiger partial charge in [0, 0.05) is 25.4 Å². The molecule has 2 aromatic rings. The lowest BCUT2D eigenvalue weighted by Gasteiger charge is -2.08. The van der Waals surface area contributed by atoms with Crippen LogP contribution in [0.4, 0.5) is 19.0 Å². The van der Waals surface area contributed by atoms with E-state index in [1.807, 2.05) is 0 Å². The number of carbonyl (C=O) groups excluding carboxylic acids is 1. The van der Waals surface area contributed by atoms with E-state index in [0.29, 0.717) is 24.7 Å². The number of hydrogen-bond acceptors (Lipinski definition) is 4. The number of carbonyl (C=O) groups is 1. The summed E-state index contributed by atoms with van der Waals surface area (Å²) in [6, 6.07) is 5.60. The van der Waals surface area contributed by atoms with Crippen molar-refractivity contribution in [3.63, 3.8) is 0 Å². The third-order valence-electron chi connectivity index (χ3n) is 2.76. The minimum absolute atomic E-state index is 0.296. The molecule has 2 heterocycles. The van der Waals surface area contributed by atoms with E-state index in [9.17, 15) is 18.0 Å². The fourth-order valence-corrected chi connectivity index (χ4v) is 1.65. The lowest BCUT2D eigenvalue weighted by Crippen LogP contribution is -2.27. The normalized spacial score (nSPS) is 11.6. The van der Waals surface area contributed by atoms with E-state index >= 15 is 0 Å². The lowest BCUT2D eigenvalue weighted by molar-refractivity contribution is -0.137. The molecular weight excluding hydrogens is 311 g/mol. The van der Waals surface area contributed by atoms with Gasteiger partial charge >= 0.3 is 6.18 Å². The summed E-state index contributed by atoms with van der Waals surface area (Å²) in [5.74, 6) is 0.564. The van der Waals surface area contributed by atoms with Crippen molar-refractivity contribution in [3.05, 3.63) is 54.1 Å². The molecule has 0 spiro atoms. The Morgan fingerprint density at radius 2 is 2.09 bits per heavy atom. The van der Waals surface area contributed by atoms with Crippen molar-refractivity contribution >= 4 is 17.8 Å². The molecule has 122 valence electrons. The number of nitrogens with zero attached hydrogens (tertiary/aromatic N) is 1. The molecule has 0 aliphatic heterocycles. The van der Waals surface area contributed by atoms with Crippen LogP contribution < -0.4 is 10.6 Å². The number of halogens is 3. The highest BCUT2D eigenvalue weighted by atomic mass is 19.4. The van der Waals surface area contributed by atoms with Gasteiger partial charge in [-0.1, -0.05) is 0 Å². The number of hydrogen-bond donors (Lipinski definition) is 2. The highest BCUT2D eigenvalue weighted by molar-refractivity contribution is 5.91. The number of anilines is 1. The molecule has 0 aromatic carbocycles. The Balaban J connectivity index is 1.70. The summed E-state index contributed by atoms with van der Waals surface area (Å²) in [4.78, 5) is 15.2. The molecular formula is C15H14F3N3O2. The van der Waals surface area contributed by atoms with Gasteiger partial charge < -0.3 is 15.1 Å². The minimum Gasteiger partial charge on any atom is -0.465 e. The standard InChI is InChI=1S/C15H14F3N3O2/c16-15(17,18)11-3-5-13(21-10-11)19-7-8-20-14(22)6-4-12-2-1-9-23-12/h1-6,9-10H,7-8H2,(H,19,21)(H,20,22)/b6-4+. The Kier molecular flexibility index (Phi) is 5.40. The van der Waals surface area contributed by atoms with Crippen LogP contribution in [0.3, 0.4) is 0 Å². The quantitative estimate of drug-likeness (QED) is 0.633. The second-order valence-corrected chi connectivity index (χ2v) is 4.50. The molecule has 0 bridgehead atoms. The van der Waals surface area contributed by atoms with Gasteiger partial charge in [0.2, 0.25) is 5.91 Å². The smallest absolute Gasteiger partial charge is 0.417 e. The van der Waals surface area contributed by atoms with Crippen LogP contribution in [0.15, 0.2) is 47.2 Å². The predicted molar refractivity (Wildman–Crippen MR) is 78.5 cm³/mol. The van der Waals surface area contributed by atoms with Crippen LogP contribution in [0.5, 0.6) is 0 Å². The van der Waals surface area contributed by atoms with Crippen molar-refractivity contribution in [1.82, 2.24) is 10.3 Å². The van der Waals surface area contributed by atoms with E-state index in [1.165, 1.54) is 24.5 Å². The van der Waals surface area contributed by atoms with Gasteiger partial charge in [-0.3, -0.25) is 4.79 Å². The first kappa shape index (κ1) is 16.6. The van der Waals surface area contributed by atoms with Crippen molar-refractivity contribution in [1.29, 1.82) is 0 Å². The maximum Gasteiger partial charge on any atom is 0.417 e. The van der Waals surface area contributed by atoms with Crippen LogP contribution in [-0.4, -0.2) is 24.0 Å². The molecule has 0 fully saturated rings. The molecule has 2 rings (SSSR count). The molecule has 2 aromatic heterocycles. The van der Waals surface area contributed by atoms with Gasteiger partial charge in [0.05, 0.1) is 11.8 Å². The van der Waals surface area contributed by atoms with Crippen molar-refractivity contribution in [2.45, 2.75) is 6.18 Å². The van der Waals surface area contributed by atoms with E-state index in [1.54, 1.807) is 12.1 Å². The van der Waals surface area contributed by atoms with Crippen LogP contribution in [-0.2, 0) is 11.0 Å². The SMILES string of the molecule is O=C(/C=C/c1ccco1)NCCNc1ccc(C(F)(F)F)cn1. The van der Waals surface area contributed by atoms with E-state index in [4.69, 9.17) is 4.42 Å². The Morgan fingerprint density at radius 3 is 2.70 bits per heavy atom. The van der Waals surface area contributed by atoms with Crippen molar-refractivity contribution in [2.75, 3.05) is 18.4 Å². The van der Waals surface area contributed by atoms with Gasteiger partial charge in [-0.05, 0) is 30.3 Å². The third kappa shape index (κ3) is 5.50. The van der Waals surface area contributed by atoms with Crippen LogP contribution in [0.1, 0.15) is 11.3 Å². The summed E-state index contributed by atoms with van der Waals surface area (Å²) < 4.78 is 42.1. The summed E-state index contributed by atoms with van der Waals surface area (Å²) >= 11 is 0. The molecule has 8 heteroatoms. The van der Waals surface area contributed by atoms with Crippen molar-refractivity contribution in [2.24, 2.45) is 0 Å². The molecule has 0 aliphatic rings. The summed E-state index contributed by atoms with van der Waals surface area (Å²) in [6.07, 6.45) is 0.709. The van der Waals surface area contributed by atoms with Gasteiger partial charge in [-0.15, -0.1) is 0 Å². The largest absolute Gasteiger partial charge is 0.465 e.